The molecule has 27 heavy (non-hydrogen) atoms. The van der Waals surface area contributed by atoms with E-state index in [-0.39, 0.29) is 18.0 Å². The van der Waals surface area contributed by atoms with Crippen molar-refractivity contribution in [1.29, 1.82) is 0 Å². The van der Waals surface area contributed by atoms with E-state index in [4.69, 9.17) is 11.6 Å². The number of likely N-dealkylation sites (tertiary alicyclic amines) is 1. The van der Waals surface area contributed by atoms with Gasteiger partial charge in [-0.05, 0) is 47.7 Å². The summed E-state index contributed by atoms with van der Waals surface area (Å²) < 4.78 is 13.4. The number of amides is 2. The molecular formula is C19H23ClFN3O3. The first-order chi connectivity index (χ1) is 12.9. The average Bonchev–Trinajstić information content (AvgIpc) is 2.97. The number of halogens is 2. The molecule has 0 bridgehead atoms. The van der Waals surface area contributed by atoms with E-state index in [0.717, 1.165) is 31.7 Å². The highest BCUT2D eigenvalue weighted by Crippen LogP contribution is 2.31. The van der Waals surface area contributed by atoms with E-state index in [9.17, 15) is 18.9 Å². The molecular weight excluding hydrogens is 373 g/mol. The van der Waals surface area contributed by atoms with Crippen LogP contribution in [-0.2, 0) is 16.1 Å². The molecule has 146 valence electrons. The van der Waals surface area contributed by atoms with Crippen molar-refractivity contribution in [3.05, 3.63) is 39.5 Å². The normalized spacial score (nSPS) is 23.5. The van der Waals surface area contributed by atoms with Crippen LogP contribution in [-0.4, -0.2) is 35.3 Å². The van der Waals surface area contributed by atoms with Crippen LogP contribution in [0.25, 0.3) is 0 Å². The van der Waals surface area contributed by atoms with Gasteiger partial charge in [-0.25, -0.2) is 4.39 Å². The van der Waals surface area contributed by atoms with Gasteiger partial charge in [0.15, 0.2) is 0 Å². The molecule has 0 radical (unpaired) electrons. The van der Waals surface area contributed by atoms with Gasteiger partial charge >= 0.3 is 0 Å². The number of carbonyl (C=O) groups excluding carboxylic acids is 2. The lowest BCUT2D eigenvalue weighted by molar-refractivity contribution is -0.139. The number of hydrogen-bond acceptors (Lipinski definition) is 4. The Hall–Kier alpha value is -2.02. The first kappa shape index (κ1) is 19.7. The third-order valence-electron chi connectivity index (χ3n) is 5.49. The summed E-state index contributed by atoms with van der Waals surface area (Å²) in [7, 11) is 0. The van der Waals surface area contributed by atoms with E-state index < -0.39 is 23.2 Å². The number of nitroso groups, excluding NO2 is 1. The van der Waals surface area contributed by atoms with Crippen LogP contribution in [0.15, 0.2) is 23.4 Å². The summed E-state index contributed by atoms with van der Waals surface area (Å²) in [4.78, 5) is 38.5. The number of nitrogens with zero attached hydrogens (tertiary/aromatic N) is 2. The molecule has 1 heterocycles. The molecule has 1 aromatic carbocycles. The molecule has 6 nitrogen and oxygen atoms in total. The molecule has 0 spiro atoms. The van der Waals surface area contributed by atoms with Gasteiger partial charge in [-0.1, -0.05) is 30.9 Å². The monoisotopic (exact) mass is 395 g/mol. The number of carbonyl (C=O) groups is 2. The lowest BCUT2D eigenvalue weighted by Crippen LogP contribution is -2.51. The zero-order chi connectivity index (χ0) is 19.4. The fraction of sp³-hybridized carbons (Fsp3) is 0.579. The SMILES string of the molecule is O=NC1(C(=O)NCc2cc(F)cc(Cl)c2)CCN(CC2CCCCC2)C1=O. The van der Waals surface area contributed by atoms with Gasteiger partial charge in [-0.15, -0.1) is 4.91 Å². The quantitative estimate of drug-likeness (QED) is 0.592. The summed E-state index contributed by atoms with van der Waals surface area (Å²) >= 11 is 5.80. The Labute approximate surface area is 162 Å². The second-order valence-corrected chi connectivity index (χ2v) is 7.85. The first-order valence-electron chi connectivity index (χ1n) is 9.32. The van der Waals surface area contributed by atoms with Crippen LogP contribution < -0.4 is 5.32 Å². The largest absolute Gasteiger partial charge is 0.349 e. The zero-order valence-electron chi connectivity index (χ0n) is 15.0. The predicted octanol–water partition coefficient (Wildman–Crippen LogP) is 3.41. The Bertz CT molecular complexity index is 719. The molecule has 8 heteroatoms. The molecule has 2 amide bonds. The van der Waals surface area contributed by atoms with Crippen LogP contribution in [0, 0.1) is 16.6 Å². The van der Waals surface area contributed by atoms with Crippen LogP contribution in [0.5, 0.6) is 0 Å². The zero-order valence-corrected chi connectivity index (χ0v) is 15.8. The molecule has 1 saturated heterocycles. The highest BCUT2D eigenvalue weighted by molar-refractivity contribution is 6.30. The van der Waals surface area contributed by atoms with E-state index in [2.05, 4.69) is 10.5 Å². The molecule has 2 aliphatic rings. The van der Waals surface area contributed by atoms with Crippen molar-refractivity contribution in [2.24, 2.45) is 11.1 Å². The van der Waals surface area contributed by atoms with Gasteiger partial charge < -0.3 is 10.2 Å². The maximum absolute atomic E-state index is 13.4. The maximum Gasteiger partial charge on any atom is 0.264 e. The summed E-state index contributed by atoms with van der Waals surface area (Å²) in [6.45, 7) is 0.882. The topological polar surface area (TPSA) is 78.8 Å². The Morgan fingerprint density at radius 2 is 2.04 bits per heavy atom. The third-order valence-corrected chi connectivity index (χ3v) is 5.71. The van der Waals surface area contributed by atoms with E-state index in [1.54, 1.807) is 4.90 Å². The Balaban J connectivity index is 1.64. The minimum atomic E-state index is -1.92. The molecule has 1 N–H and O–H groups in total. The van der Waals surface area contributed by atoms with E-state index in [0.29, 0.717) is 24.6 Å². The van der Waals surface area contributed by atoms with Crippen molar-refractivity contribution in [3.63, 3.8) is 0 Å². The highest BCUT2D eigenvalue weighted by Gasteiger charge is 2.55. The molecule has 1 atom stereocenters. The number of benzene rings is 1. The van der Waals surface area contributed by atoms with Crippen molar-refractivity contribution in [3.8, 4) is 0 Å². The van der Waals surface area contributed by atoms with Crippen LogP contribution in [0.1, 0.15) is 44.1 Å². The fourth-order valence-corrected chi connectivity index (χ4v) is 4.25. The van der Waals surface area contributed by atoms with Crippen molar-refractivity contribution < 1.29 is 14.0 Å². The van der Waals surface area contributed by atoms with E-state index in [1.165, 1.54) is 18.6 Å². The lowest BCUT2D eigenvalue weighted by atomic mass is 9.89. The van der Waals surface area contributed by atoms with Gasteiger partial charge in [-0.3, -0.25) is 9.59 Å². The van der Waals surface area contributed by atoms with Crippen molar-refractivity contribution in [2.45, 2.75) is 50.6 Å². The Morgan fingerprint density at radius 1 is 1.30 bits per heavy atom. The van der Waals surface area contributed by atoms with Crippen molar-refractivity contribution >= 4 is 23.4 Å². The maximum atomic E-state index is 13.4. The molecule has 0 aromatic heterocycles. The van der Waals surface area contributed by atoms with Gasteiger partial charge in [0.2, 0.25) is 0 Å². The molecule has 1 aliphatic heterocycles. The van der Waals surface area contributed by atoms with Crippen LogP contribution in [0.3, 0.4) is 0 Å². The van der Waals surface area contributed by atoms with Gasteiger partial charge in [-0.2, -0.15) is 0 Å². The third kappa shape index (κ3) is 4.29. The minimum Gasteiger partial charge on any atom is -0.349 e. The minimum absolute atomic E-state index is 0.0382. The van der Waals surface area contributed by atoms with Crippen LogP contribution in [0.4, 0.5) is 4.39 Å². The molecule has 1 saturated carbocycles. The van der Waals surface area contributed by atoms with Gasteiger partial charge in [0.05, 0.1) is 0 Å². The van der Waals surface area contributed by atoms with E-state index in [1.807, 2.05) is 0 Å². The average molecular weight is 396 g/mol. The number of nitrogens with one attached hydrogen (secondary N) is 1. The number of rotatable bonds is 6. The van der Waals surface area contributed by atoms with Crippen LogP contribution in [0.2, 0.25) is 5.02 Å². The lowest BCUT2D eigenvalue weighted by Gasteiger charge is -2.27. The smallest absolute Gasteiger partial charge is 0.264 e. The van der Waals surface area contributed by atoms with E-state index >= 15 is 0 Å². The van der Waals surface area contributed by atoms with Crippen LogP contribution >= 0.6 is 11.6 Å². The van der Waals surface area contributed by atoms with Crippen molar-refractivity contribution in [1.82, 2.24) is 10.2 Å². The predicted molar refractivity (Wildman–Crippen MR) is 99.6 cm³/mol. The second-order valence-electron chi connectivity index (χ2n) is 7.42. The number of hydrogen-bond donors (Lipinski definition) is 1. The standard InChI is InChI=1S/C19H23ClFN3O3/c20-15-8-14(9-16(21)10-15)11-22-17(25)19(23-27)6-7-24(18(19)26)12-13-4-2-1-3-5-13/h8-10,13H,1-7,11-12H2,(H,22,25). The van der Waals surface area contributed by atoms with Gasteiger partial charge in [0, 0.05) is 31.1 Å². The summed E-state index contributed by atoms with van der Waals surface area (Å²) in [5.74, 6) is -1.37. The summed E-state index contributed by atoms with van der Waals surface area (Å²) in [6.07, 6.45) is 5.73. The summed E-state index contributed by atoms with van der Waals surface area (Å²) in [6, 6.07) is 3.90. The Morgan fingerprint density at radius 3 is 2.70 bits per heavy atom. The molecule has 1 unspecified atom stereocenters. The highest BCUT2D eigenvalue weighted by atomic mass is 35.5. The fourth-order valence-electron chi connectivity index (χ4n) is 4.00. The first-order valence-corrected chi connectivity index (χ1v) is 9.69. The Kier molecular flexibility index (Phi) is 6.09. The van der Waals surface area contributed by atoms with Crippen molar-refractivity contribution in [2.75, 3.05) is 13.1 Å². The summed E-state index contributed by atoms with van der Waals surface area (Å²) in [5, 5.41) is 5.68. The molecule has 2 fully saturated rings. The van der Waals surface area contributed by atoms with Gasteiger partial charge in [0.25, 0.3) is 17.4 Å². The summed E-state index contributed by atoms with van der Waals surface area (Å²) in [5.41, 5.74) is -1.48. The molecule has 1 aromatic rings. The molecule has 3 rings (SSSR count). The molecule has 1 aliphatic carbocycles. The van der Waals surface area contributed by atoms with Gasteiger partial charge in [0.1, 0.15) is 5.82 Å². The second kappa shape index (κ2) is 8.33.